The second kappa shape index (κ2) is 5.55. The highest BCUT2D eigenvalue weighted by Gasteiger charge is 2.21. The zero-order valence-electron chi connectivity index (χ0n) is 7.76. The van der Waals surface area contributed by atoms with Crippen LogP contribution in [0, 0.1) is 12.8 Å². The molecule has 2 unspecified atom stereocenters. The summed E-state index contributed by atoms with van der Waals surface area (Å²) in [6, 6.07) is 0. The molecular weight excluding hydrogens is 150 g/mol. The Balaban J connectivity index is 2.11. The molecule has 0 aromatic carbocycles. The highest BCUT2D eigenvalue weighted by molar-refractivity contribution is 4.76. The molecule has 1 saturated heterocycles. The molecule has 1 radical (unpaired) electrons. The van der Waals surface area contributed by atoms with Crippen molar-refractivity contribution < 1.29 is 5.11 Å². The van der Waals surface area contributed by atoms with E-state index >= 15 is 0 Å². The van der Waals surface area contributed by atoms with E-state index in [-0.39, 0.29) is 6.10 Å². The SMILES string of the molecule is [CH2]CCCCC1CCNCC1O. The van der Waals surface area contributed by atoms with Gasteiger partial charge in [-0.05, 0) is 25.3 Å². The van der Waals surface area contributed by atoms with Crippen LogP contribution in [0.25, 0.3) is 0 Å². The van der Waals surface area contributed by atoms with E-state index in [2.05, 4.69) is 12.2 Å². The number of unbranched alkanes of at least 4 members (excludes halogenated alkanes) is 2. The minimum Gasteiger partial charge on any atom is -0.392 e. The summed E-state index contributed by atoms with van der Waals surface area (Å²) in [4.78, 5) is 0. The van der Waals surface area contributed by atoms with Crippen molar-refractivity contribution in [1.82, 2.24) is 5.32 Å². The minimum absolute atomic E-state index is 0.108. The van der Waals surface area contributed by atoms with Gasteiger partial charge in [-0.3, -0.25) is 0 Å². The van der Waals surface area contributed by atoms with E-state index in [1.807, 2.05) is 0 Å². The molecule has 1 aliphatic rings. The van der Waals surface area contributed by atoms with E-state index in [4.69, 9.17) is 0 Å². The fourth-order valence-electron chi connectivity index (χ4n) is 1.82. The standard InChI is InChI=1S/C10H20NO/c1-2-3-4-5-9-6-7-11-8-10(9)12/h9-12H,1-8H2. The number of nitrogens with one attached hydrogen (secondary N) is 1. The third kappa shape index (κ3) is 3.11. The average molecular weight is 170 g/mol. The molecule has 0 aliphatic carbocycles. The largest absolute Gasteiger partial charge is 0.392 e. The zero-order chi connectivity index (χ0) is 8.81. The monoisotopic (exact) mass is 170 g/mol. The van der Waals surface area contributed by atoms with Crippen LogP contribution >= 0.6 is 0 Å². The maximum Gasteiger partial charge on any atom is 0.0693 e. The van der Waals surface area contributed by atoms with E-state index in [0.717, 1.165) is 25.9 Å². The Morgan fingerprint density at radius 1 is 1.42 bits per heavy atom. The summed E-state index contributed by atoms with van der Waals surface area (Å²) in [5.74, 6) is 0.540. The summed E-state index contributed by atoms with van der Waals surface area (Å²) < 4.78 is 0. The van der Waals surface area contributed by atoms with Gasteiger partial charge in [-0.2, -0.15) is 0 Å². The molecule has 0 amide bonds. The number of aliphatic hydroxyl groups is 1. The Morgan fingerprint density at radius 3 is 2.92 bits per heavy atom. The van der Waals surface area contributed by atoms with Crippen molar-refractivity contribution in [2.45, 2.75) is 38.2 Å². The summed E-state index contributed by atoms with van der Waals surface area (Å²) in [5, 5.41) is 12.8. The smallest absolute Gasteiger partial charge is 0.0693 e. The number of piperidine rings is 1. The van der Waals surface area contributed by atoms with Crippen LogP contribution in [-0.4, -0.2) is 24.3 Å². The molecular formula is C10H20NO. The van der Waals surface area contributed by atoms with E-state index in [1.165, 1.54) is 19.3 Å². The minimum atomic E-state index is -0.108. The molecule has 0 spiro atoms. The van der Waals surface area contributed by atoms with Crippen LogP contribution < -0.4 is 5.32 Å². The van der Waals surface area contributed by atoms with Gasteiger partial charge in [-0.15, -0.1) is 0 Å². The second-order valence-electron chi connectivity index (χ2n) is 3.67. The molecule has 1 heterocycles. The van der Waals surface area contributed by atoms with Crippen molar-refractivity contribution in [2.24, 2.45) is 5.92 Å². The quantitative estimate of drug-likeness (QED) is 0.624. The van der Waals surface area contributed by atoms with Crippen LogP contribution in [0.4, 0.5) is 0 Å². The number of aliphatic hydroxyl groups excluding tert-OH is 1. The predicted molar refractivity (Wildman–Crippen MR) is 50.8 cm³/mol. The fourth-order valence-corrected chi connectivity index (χ4v) is 1.82. The Kier molecular flexibility index (Phi) is 4.62. The van der Waals surface area contributed by atoms with Gasteiger partial charge in [0.05, 0.1) is 6.10 Å². The van der Waals surface area contributed by atoms with Gasteiger partial charge in [0.25, 0.3) is 0 Å². The fraction of sp³-hybridized carbons (Fsp3) is 0.900. The van der Waals surface area contributed by atoms with Gasteiger partial charge in [-0.25, -0.2) is 0 Å². The van der Waals surface area contributed by atoms with Gasteiger partial charge in [0.2, 0.25) is 0 Å². The van der Waals surface area contributed by atoms with E-state index in [0.29, 0.717) is 5.92 Å². The van der Waals surface area contributed by atoms with Crippen molar-refractivity contribution in [1.29, 1.82) is 0 Å². The Bertz CT molecular complexity index is 116. The first-order valence-electron chi connectivity index (χ1n) is 5.02. The molecule has 1 aliphatic heterocycles. The van der Waals surface area contributed by atoms with Crippen molar-refractivity contribution in [3.05, 3.63) is 6.92 Å². The number of hydrogen-bond donors (Lipinski definition) is 2. The summed E-state index contributed by atoms with van der Waals surface area (Å²) in [6.07, 6.45) is 5.67. The van der Waals surface area contributed by atoms with Crippen LogP contribution in [0.5, 0.6) is 0 Å². The maximum atomic E-state index is 9.59. The summed E-state index contributed by atoms with van der Waals surface area (Å²) >= 11 is 0. The molecule has 2 heteroatoms. The lowest BCUT2D eigenvalue weighted by Gasteiger charge is -2.28. The van der Waals surface area contributed by atoms with Gasteiger partial charge >= 0.3 is 0 Å². The lowest BCUT2D eigenvalue weighted by atomic mass is 9.90. The van der Waals surface area contributed by atoms with Gasteiger partial charge < -0.3 is 10.4 Å². The predicted octanol–water partition coefficient (Wildman–Crippen LogP) is 1.35. The van der Waals surface area contributed by atoms with E-state index in [1.54, 1.807) is 0 Å². The normalized spacial score (nSPS) is 30.5. The highest BCUT2D eigenvalue weighted by atomic mass is 16.3. The maximum absolute atomic E-state index is 9.59. The Hall–Kier alpha value is -0.0800. The molecule has 12 heavy (non-hydrogen) atoms. The third-order valence-electron chi connectivity index (χ3n) is 2.66. The zero-order valence-corrected chi connectivity index (χ0v) is 7.76. The lowest BCUT2D eigenvalue weighted by molar-refractivity contribution is 0.0758. The number of β-amino-alcohol motifs (C(OH)–C–C–N with tert-alkyl or cyclic N) is 1. The van der Waals surface area contributed by atoms with Crippen molar-refractivity contribution in [3.8, 4) is 0 Å². The van der Waals surface area contributed by atoms with Crippen LogP contribution in [0.15, 0.2) is 0 Å². The molecule has 1 rings (SSSR count). The van der Waals surface area contributed by atoms with Crippen LogP contribution in [0.2, 0.25) is 0 Å². The summed E-state index contributed by atoms with van der Waals surface area (Å²) in [7, 11) is 0. The van der Waals surface area contributed by atoms with Gasteiger partial charge in [0.15, 0.2) is 0 Å². The van der Waals surface area contributed by atoms with Gasteiger partial charge in [-0.1, -0.05) is 26.2 Å². The number of hydrogen-bond acceptors (Lipinski definition) is 2. The molecule has 0 aromatic rings. The topological polar surface area (TPSA) is 32.3 Å². The molecule has 71 valence electrons. The molecule has 0 saturated carbocycles. The molecule has 0 aromatic heterocycles. The Labute approximate surface area is 75.4 Å². The Morgan fingerprint density at radius 2 is 2.25 bits per heavy atom. The van der Waals surface area contributed by atoms with E-state index < -0.39 is 0 Å². The van der Waals surface area contributed by atoms with Gasteiger partial charge in [0, 0.05) is 6.54 Å². The molecule has 2 N–H and O–H groups in total. The van der Waals surface area contributed by atoms with E-state index in [9.17, 15) is 5.11 Å². The van der Waals surface area contributed by atoms with Crippen LogP contribution in [0.3, 0.4) is 0 Å². The lowest BCUT2D eigenvalue weighted by Crippen LogP contribution is -2.40. The first-order chi connectivity index (χ1) is 5.84. The summed E-state index contributed by atoms with van der Waals surface area (Å²) in [5.41, 5.74) is 0. The molecule has 2 atom stereocenters. The first-order valence-corrected chi connectivity index (χ1v) is 5.02. The van der Waals surface area contributed by atoms with Crippen LogP contribution in [-0.2, 0) is 0 Å². The van der Waals surface area contributed by atoms with Crippen LogP contribution in [0.1, 0.15) is 32.1 Å². The van der Waals surface area contributed by atoms with Gasteiger partial charge in [0.1, 0.15) is 0 Å². The third-order valence-corrected chi connectivity index (χ3v) is 2.66. The second-order valence-corrected chi connectivity index (χ2v) is 3.67. The van der Waals surface area contributed by atoms with Crippen molar-refractivity contribution in [2.75, 3.05) is 13.1 Å². The number of rotatable bonds is 4. The molecule has 2 nitrogen and oxygen atoms in total. The highest BCUT2D eigenvalue weighted by Crippen LogP contribution is 2.19. The van der Waals surface area contributed by atoms with Crippen molar-refractivity contribution in [3.63, 3.8) is 0 Å². The molecule has 0 bridgehead atoms. The molecule has 1 fully saturated rings. The summed E-state index contributed by atoms with van der Waals surface area (Å²) in [6.45, 7) is 5.67. The first kappa shape index (κ1) is 10.0. The van der Waals surface area contributed by atoms with Crippen molar-refractivity contribution >= 4 is 0 Å². The average Bonchev–Trinajstić information content (AvgIpc) is 2.09.